The summed E-state index contributed by atoms with van der Waals surface area (Å²) < 4.78 is 10.1. The molecular formula is C7H12O3. The van der Waals surface area contributed by atoms with E-state index >= 15 is 0 Å². The molecule has 10 heavy (non-hydrogen) atoms. The van der Waals surface area contributed by atoms with Gasteiger partial charge in [0.2, 0.25) is 0 Å². The van der Waals surface area contributed by atoms with Crippen LogP contribution in [0, 0.1) is 5.92 Å². The van der Waals surface area contributed by atoms with E-state index in [1.54, 1.807) is 14.2 Å². The fourth-order valence-corrected chi connectivity index (χ4v) is 1.24. The molecule has 1 saturated carbocycles. The number of methoxy groups -OCH3 is 2. The smallest absolute Gasteiger partial charge is 0.183 e. The molecule has 0 aromatic carbocycles. The lowest BCUT2D eigenvalue weighted by molar-refractivity contribution is -0.263. The first kappa shape index (κ1) is 7.69. The van der Waals surface area contributed by atoms with Gasteiger partial charge in [-0.3, -0.25) is 4.79 Å². The summed E-state index contributed by atoms with van der Waals surface area (Å²) in [4.78, 5) is 10.8. The fourth-order valence-electron chi connectivity index (χ4n) is 1.24. The summed E-state index contributed by atoms with van der Waals surface area (Å²) in [5.41, 5.74) is 0. The number of ether oxygens (including phenoxy) is 2. The van der Waals surface area contributed by atoms with Gasteiger partial charge in [0.15, 0.2) is 5.79 Å². The molecule has 58 valence electrons. The molecule has 0 radical (unpaired) electrons. The molecule has 3 heteroatoms. The van der Waals surface area contributed by atoms with E-state index in [-0.39, 0.29) is 11.7 Å². The Balaban J connectivity index is 2.62. The maximum atomic E-state index is 10.8. The van der Waals surface area contributed by atoms with Crippen LogP contribution in [-0.4, -0.2) is 25.8 Å². The second-order valence-electron chi connectivity index (χ2n) is 2.58. The first-order valence-corrected chi connectivity index (χ1v) is 3.29. The van der Waals surface area contributed by atoms with Crippen molar-refractivity contribution in [1.82, 2.24) is 0 Å². The highest BCUT2D eigenvalue weighted by Crippen LogP contribution is 2.38. The van der Waals surface area contributed by atoms with E-state index in [2.05, 4.69) is 0 Å². The zero-order valence-electron chi connectivity index (χ0n) is 6.51. The summed E-state index contributed by atoms with van der Waals surface area (Å²) in [5.74, 6) is -0.511. The second-order valence-corrected chi connectivity index (χ2v) is 2.58. The summed E-state index contributed by atoms with van der Waals surface area (Å²) in [6, 6.07) is 0. The first-order chi connectivity index (χ1) is 4.66. The number of carbonyl (C=O) groups is 1. The van der Waals surface area contributed by atoms with Crippen molar-refractivity contribution in [2.45, 2.75) is 19.1 Å². The highest BCUT2D eigenvalue weighted by molar-refractivity contribution is 5.89. The van der Waals surface area contributed by atoms with Crippen LogP contribution < -0.4 is 0 Å². The quantitative estimate of drug-likeness (QED) is 0.532. The van der Waals surface area contributed by atoms with Crippen LogP contribution in [0.4, 0.5) is 0 Å². The van der Waals surface area contributed by atoms with Crippen molar-refractivity contribution in [2.75, 3.05) is 14.2 Å². The Morgan fingerprint density at radius 3 is 2.10 bits per heavy atom. The topological polar surface area (TPSA) is 35.5 Å². The normalized spacial score (nSPS) is 29.9. The van der Waals surface area contributed by atoms with Crippen molar-refractivity contribution in [3.63, 3.8) is 0 Å². The average Bonchev–Trinajstić information content (AvgIpc) is 1.99. The number of rotatable bonds is 2. The highest BCUT2D eigenvalue weighted by atomic mass is 16.7. The molecule has 3 nitrogen and oxygen atoms in total. The van der Waals surface area contributed by atoms with Gasteiger partial charge < -0.3 is 9.47 Å². The average molecular weight is 144 g/mol. The van der Waals surface area contributed by atoms with E-state index < -0.39 is 5.79 Å². The molecule has 0 aromatic heterocycles. The third-order valence-corrected chi connectivity index (χ3v) is 2.25. The summed E-state index contributed by atoms with van der Waals surface area (Å²) in [7, 11) is 3.12. The van der Waals surface area contributed by atoms with Gasteiger partial charge in [0.05, 0.1) is 12.3 Å². The standard InChI is InChI=1S/C7H12O3/c1-5-6(8)4-7(5,9-2)10-3/h5H,4H2,1-3H3. The second kappa shape index (κ2) is 2.32. The number of Topliss-reactive ketones (excluding diaryl/α,β-unsaturated/α-hetero) is 1. The lowest BCUT2D eigenvalue weighted by atomic mass is 9.78. The Bertz CT molecular complexity index is 149. The Morgan fingerprint density at radius 1 is 1.50 bits per heavy atom. The SMILES string of the molecule is COC1(OC)CC(=O)C1C. The van der Waals surface area contributed by atoms with Crippen molar-refractivity contribution in [1.29, 1.82) is 0 Å². The molecule has 0 bridgehead atoms. The van der Waals surface area contributed by atoms with Crippen molar-refractivity contribution in [2.24, 2.45) is 5.92 Å². The maximum Gasteiger partial charge on any atom is 0.183 e. The minimum absolute atomic E-state index is 0.109. The Kier molecular flexibility index (Phi) is 1.79. The van der Waals surface area contributed by atoms with Crippen molar-refractivity contribution >= 4 is 5.78 Å². The Labute approximate surface area is 60.3 Å². The third-order valence-electron chi connectivity index (χ3n) is 2.25. The molecule has 1 aliphatic carbocycles. The van der Waals surface area contributed by atoms with Crippen LogP contribution in [-0.2, 0) is 14.3 Å². The van der Waals surface area contributed by atoms with Crippen LogP contribution >= 0.6 is 0 Å². The summed E-state index contributed by atoms with van der Waals surface area (Å²) in [6.07, 6.45) is 0.390. The number of hydrogen-bond acceptors (Lipinski definition) is 3. The molecule has 1 atom stereocenters. The summed E-state index contributed by atoms with van der Waals surface area (Å²) >= 11 is 0. The minimum Gasteiger partial charge on any atom is -0.352 e. The van der Waals surface area contributed by atoms with Gasteiger partial charge in [0.25, 0.3) is 0 Å². The zero-order chi connectivity index (χ0) is 7.78. The van der Waals surface area contributed by atoms with Crippen LogP contribution in [0.5, 0.6) is 0 Å². The fraction of sp³-hybridized carbons (Fsp3) is 0.857. The molecule has 0 aliphatic heterocycles. The van der Waals surface area contributed by atoms with Gasteiger partial charge in [-0.1, -0.05) is 6.92 Å². The van der Waals surface area contributed by atoms with Gasteiger partial charge in [-0.05, 0) is 0 Å². The van der Waals surface area contributed by atoms with Crippen LogP contribution in [0.1, 0.15) is 13.3 Å². The Morgan fingerprint density at radius 2 is 2.00 bits per heavy atom. The molecule has 0 spiro atoms. The monoisotopic (exact) mass is 144 g/mol. The zero-order valence-corrected chi connectivity index (χ0v) is 6.51. The third kappa shape index (κ3) is 0.777. The van der Waals surface area contributed by atoms with Gasteiger partial charge in [0, 0.05) is 14.2 Å². The van der Waals surface area contributed by atoms with Gasteiger partial charge >= 0.3 is 0 Å². The van der Waals surface area contributed by atoms with Crippen molar-refractivity contribution < 1.29 is 14.3 Å². The van der Waals surface area contributed by atoms with E-state index in [1.807, 2.05) is 6.92 Å². The maximum absolute atomic E-state index is 10.8. The van der Waals surface area contributed by atoms with Gasteiger partial charge in [-0.2, -0.15) is 0 Å². The van der Waals surface area contributed by atoms with Gasteiger partial charge in [0.1, 0.15) is 5.78 Å². The highest BCUT2D eigenvalue weighted by Gasteiger charge is 2.52. The molecule has 0 aromatic rings. The summed E-state index contributed by atoms with van der Waals surface area (Å²) in [5, 5.41) is 0. The first-order valence-electron chi connectivity index (χ1n) is 3.29. The van der Waals surface area contributed by atoms with Crippen LogP contribution in [0.25, 0.3) is 0 Å². The lowest BCUT2D eigenvalue weighted by Crippen LogP contribution is -2.55. The van der Waals surface area contributed by atoms with Crippen molar-refractivity contribution in [3.05, 3.63) is 0 Å². The van der Waals surface area contributed by atoms with Crippen LogP contribution in [0.3, 0.4) is 0 Å². The summed E-state index contributed by atoms with van der Waals surface area (Å²) in [6.45, 7) is 1.82. The number of carbonyl (C=O) groups excluding carboxylic acids is 1. The molecule has 1 rings (SSSR count). The van der Waals surface area contributed by atoms with Crippen molar-refractivity contribution in [3.8, 4) is 0 Å². The largest absolute Gasteiger partial charge is 0.352 e. The van der Waals surface area contributed by atoms with Gasteiger partial charge in [-0.25, -0.2) is 0 Å². The predicted molar refractivity (Wildman–Crippen MR) is 35.5 cm³/mol. The van der Waals surface area contributed by atoms with Crippen LogP contribution in [0.15, 0.2) is 0 Å². The molecule has 1 unspecified atom stereocenters. The van der Waals surface area contributed by atoms with E-state index in [0.717, 1.165) is 0 Å². The lowest BCUT2D eigenvalue weighted by Gasteiger charge is -2.43. The molecule has 0 amide bonds. The van der Waals surface area contributed by atoms with E-state index in [0.29, 0.717) is 6.42 Å². The number of ketones is 1. The minimum atomic E-state index is -0.614. The molecule has 0 N–H and O–H groups in total. The van der Waals surface area contributed by atoms with E-state index in [4.69, 9.17) is 9.47 Å². The van der Waals surface area contributed by atoms with E-state index in [1.165, 1.54) is 0 Å². The molecule has 1 aliphatic rings. The predicted octanol–water partition coefficient (Wildman–Crippen LogP) is 0.584. The van der Waals surface area contributed by atoms with Gasteiger partial charge in [-0.15, -0.1) is 0 Å². The number of hydrogen-bond donors (Lipinski definition) is 0. The van der Waals surface area contributed by atoms with E-state index in [9.17, 15) is 4.79 Å². The molecule has 0 heterocycles. The molecule has 0 saturated heterocycles. The van der Waals surface area contributed by atoms with Crippen LogP contribution in [0.2, 0.25) is 0 Å². The molecular weight excluding hydrogens is 132 g/mol. The molecule has 1 fully saturated rings. The Hall–Kier alpha value is -0.410.